The van der Waals surface area contributed by atoms with Gasteiger partial charge in [0.15, 0.2) is 0 Å². The van der Waals surface area contributed by atoms with E-state index in [0.717, 1.165) is 18.4 Å². The molecule has 1 aliphatic heterocycles. The van der Waals surface area contributed by atoms with Gasteiger partial charge in [-0.1, -0.05) is 18.2 Å². The second-order valence-electron chi connectivity index (χ2n) is 6.93. The molecule has 1 aliphatic carbocycles. The Hall–Kier alpha value is -1.96. The van der Waals surface area contributed by atoms with Crippen molar-refractivity contribution in [1.29, 1.82) is 0 Å². The van der Waals surface area contributed by atoms with Crippen LogP contribution in [0.4, 0.5) is 0 Å². The monoisotopic (exact) mass is 347 g/mol. The first-order valence-corrected chi connectivity index (χ1v) is 8.74. The molecule has 3 N–H and O–H groups in total. The van der Waals surface area contributed by atoms with Gasteiger partial charge < -0.3 is 15.5 Å². The molecule has 0 aromatic heterocycles. The first-order valence-electron chi connectivity index (χ1n) is 8.74. The predicted molar refractivity (Wildman–Crippen MR) is 92.3 cm³/mol. The van der Waals surface area contributed by atoms with Gasteiger partial charge in [-0.2, -0.15) is 0 Å². The maximum absolute atomic E-state index is 12.0. The molecule has 0 spiro atoms. The molecule has 1 aromatic rings. The first-order chi connectivity index (χ1) is 12.0. The van der Waals surface area contributed by atoms with Gasteiger partial charge in [0.25, 0.3) is 0 Å². The lowest BCUT2D eigenvalue weighted by atomic mass is 10.1. The molecular weight excluding hydrogens is 322 g/mol. The Labute approximate surface area is 147 Å². The summed E-state index contributed by atoms with van der Waals surface area (Å²) in [6.07, 6.45) is 1.56. The fourth-order valence-electron chi connectivity index (χ4n) is 3.22. The number of β-amino-alcohol motifs (C(OH)–C–C–N with tert-alkyl or cyclic N) is 1. The SMILES string of the molecule is O=C(CN1CCN(Cc2ccccc2C(=O)O)CC(O)C1)NC1CC1. The van der Waals surface area contributed by atoms with E-state index < -0.39 is 12.1 Å². The van der Waals surface area contributed by atoms with E-state index >= 15 is 0 Å². The van der Waals surface area contributed by atoms with Crippen LogP contribution in [0.2, 0.25) is 0 Å². The van der Waals surface area contributed by atoms with Crippen molar-refractivity contribution >= 4 is 11.9 Å². The van der Waals surface area contributed by atoms with Crippen LogP contribution in [0.25, 0.3) is 0 Å². The van der Waals surface area contributed by atoms with Gasteiger partial charge >= 0.3 is 5.97 Å². The molecule has 0 bridgehead atoms. The topological polar surface area (TPSA) is 93.1 Å². The smallest absolute Gasteiger partial charge is 0.336 e. The second kappa shape index (κ2) is 7.95. The molecule has 2 aliphatic rings. The van der Waals surface area contributed by atoms with Gasteiger partial charge in [-0.25, -0.2) is 4.79 Å². The minimum atomic E-state index is -0.940. The molecule has 1 heterocycles. The van der Waals surface area contributed by atoms with Crippen molar-refractivity contribution in [3.63, 3.8) is 0 Å². The van der Waals surface area contributed by atoms with Gasteiger partial charge in [0.05, 0.1) is 18.2 Å². The number of nitrogens with zero attached hydrogens (tertiary/aromatic N) is 2. The van der Waals surface area contributed by atoms with Crippen LogP contribution >= 0.6 is 0 Å². The number of aliphatic hydroxyl groups excluding tert-OH is 1. The molecule has 1 aromatic carbocycles. The van der Waals surface area contributed by atoms with Crippen LogP contribution < -0.4 is 5.32 Å². The number of hydrogen-bond acceptors (Lipinski definition) is 5. The zero-order chi connectivity index (χ0) is 17.8. The number of hydrogen-bond donors (Lipinski definition) is 3. The Morgan fingerprint density at radius 1 is 1.12 bits per heavy atom. The summed E-state index contributed by atoms with van der Waals surface area (Å²) in [6, 6.07) is 7.28. The van der Waals surface area contributed by atoms with E-state index in [1.165, 1.54) is 0 Å². The molecule has 0 radical (unpaired) electrons. The molecule has 1 atom stereocenters. The maximum Gasteiger partial charge on any atom is 0.336 e. The number of carbonyl (C=O) groups is 2. The van der Waals surface area contributed by atoms with E-state index in [1.54, 1.807) is 12.1 Å². The summed E-state index contributed by atoms with van der Waals surface area (Å²) in [5, 5.41) is 22.5. The summed E-state index contributed by atoms with van der Waals surface area (Å²) in [7, 11) is 0. The molecule has 7 nitrogen and oxygen atoms in total. The molecule has 25 heavy (non-hydrogen) atoms. The van der Waals surface area contributed by atoms with Crippen molar-refractivity contribution in [3.05, 3.63) is 35.4 Å². The fourth-order valence-corrected chi connectivity index (χ4v) is 3.22. The van der Waals surface area contributed by atoms with Crippen LogP contribution in [0.5, 0.6) is 0 Å². The van der Waals surface area contributed by atoms with Crippen molar-refractivity contribution in [1.82, 2.24) is 15.1 Å². The van der Waals surface area contributed by atoms with E-state index in [4.69, 9.17) is 0 Å². The lowest BCUT2D eigenvalue weighted by molar-refractivity contribution is -0.122. The van der Waals surface area contributed by atoms with Crippen molar-refractivity contribution in [2.75, 3.05) is 32.7 Å². The average Bonchev–Trinajstić information content (AvgIpc) is 3.37. The van der Waals surface area contributed by atoms with Crippen molar-refractivity contribution in [3.8, 4) is 0 Å². The summed E-state index contributed by atoms with van der Waals surface area (Å²) in [5.74, 6) is -0.927. The highest BCUT2D eigenvalue weighted by atomic mass is 16.4. The molecule has 7 heteroatoms. The Morgan fingerprint density at radius 3 is 2.52 bits per heavy atom. The normalized spacial score (nSPS) is 22.4. The number of aromatic carboxylic acids is 1. The summed E-state index contributed by atoms with van der Waals surface area (Å²) < 4.78 is 0. The highest BCUT2D eigenvalue weighted by Gasteiger charge is 2.26. The lowest BCUT2D eigenvalue weighted by Gasteiger charge is -2.22. The van der Waals surface area contributed by atoms with Gasteiger partial charge in [-0.3, -0.25) is 14.6 Å². The van der Waals surface area contributed by atoms with Crippen molar-refractivity contribution in [2.45, 2.75) is 31.5 Å². The zero-order valence-electron chi connectivity index (χ0n) is 14.2. The van der Waals surface area contributed by atoms with E-state index in [2.05, 4.69) is 5.32 Å². The molecule has 1 saturated heterocycles. The fraction of sp³-hybridized carbons (Fsp3) is 0.556. The van der Waals surface area contributed by atoms with Crippen LogP contribution in [-0.2, 0) is 11.3 Å². The summed E-state index contributed by atoms with van der Waals surface area (Å²) in [5.41, 5.74) is 1.03. The number of amides is 1. The van der Waals surface area contributed by atoms with E-state index in [0.29, 0.717) is 50.9 Å². The number of benzene rings is 1. The Bertz CT molecular complexity index is 633. The van der Waals surface area contributed by atoms with Gasteiger partial charge in [-0.05, 0) is 24.5 Å². The molecule has 3 rings (SSSR count). The van der Waals surface area contributed by atoms with Crippen molar-refractivity contribution < 1.29 is 19.8 Å². The van der Waals surface area contributed by atoms with Gasteiger partial charge in [-0.15, -0.1) is 0 Å². The maximum atomic E-state index is 12.0. The number of carboxylic acid groups (broad SMARTS) is 1. The Balaban J connectivity index is 1.57. The van der Waals surface area contributed by atoms with Gasteiger partial charge in [0, 0.05) is 38.8 Å². The van der Waals surface area contributed by atoms with Crippen LogP contribution in [0, 0.1) is 0 Å². The molecule has 1 saturated carbocycles. The lowest BCUT2D eigenvalue weighted by Crippen LogP contribution is -2.41. The summed E-state index contributed by atoms with van der Waals surface area (Å²) in [6.45, 7) is 3.05. The number of aliphatic hydroxyl groups is 1. The third-order valence-electron chi connectivity index (χ3n) is 4.62. The number of rotatable bonds is 6. The largest absolute Gasteiger partial charge is 0.478 e. The second-order valence-corrected chi connectivity index (χ2v) is 6.93. The van der Waals surface area contributed by atoms with E-state index in [-0.39, 0.29) is 5.91 Å². The standard InChI is InChI=1S/C18H25N3O4/c22-15-10-20(9-13-3-1-2-4-16(13)18(24)25)7-8-21(11-15)12-17(23)19-14-5-6-14/h1-4,14-15,22H,5-12H2,(H,19,23)(H,24,25). The summed E-state index contributed by atoms with van der Waals surface area (Å²) >= 11 is 0. The summed E-state index contributed by atoms with van der Waals surface area (Å²) in [4.78, 5) is 27.3. The molecule has 136 valence electrons. The first kappa shape index (κ1) is 17.8. The average molecular weight is 347 g/mol. The zero-order valence-corrected chi connectivity index (χ0v) is 14.2. The predicted octanol–water partition coefficient (Wildman–Crippen LogP) is 0.142. The third kappa shape index (κ3) is 5.26. The molecule has 2 fully saturated rings. The highest BCUT2D eigenvalue weighted by Crippen LogP contribution is 2.18. The molecular formula is C18H25N3O4. The highest BCUT2D eigenvalue weighted by molar-refractivity contribution is 5.89. The number of carbonyl (C=O) groups excluding carboxylic acids is 1. The van der Waals surface area contributed by atoms with E-state index in [9.17, 15) is 19.8 Å². The minimum absolute atomic E-state index is 0.0133. The van der Waals surface area contributed by atoms with Crippen LogP contribution in [0.3, 0.4) is 0 Å². The number of carboxylic acids is 1. The molecule has 1 amide bonds. The minimum Gasteiger partial charge on any atom is -0.478 e. The Morgan fingerprint density at radius 2 is 1.80 bits per heavy atom. The molecule has 1 unspecified atom stereocenters. The van der Waals surface area contributed by atoms with Crippen molar-refractivity contribution in [2.24, 2.45) is 0 Å². The third-order valence-corrected chi connectivity index (χ3v) is 4.62. The van der Waals surface area contributed by atoms with Gasteiger partial charge in [0.2, 0.25) is 5.91 Å². The van der Waals surface area contributed by atoms with E-state index in [1.807, 2.05) is 21.9 Å². The van der Waals surface area contributed by atoms with Gasteiger partial charge in [0.1, 0.15) is 0 Å². The number of nitrogens with one attached hydrogen (secondary N) is 1. The Kier molecular flexibility index (Phi) is 5.67. The van der Waals surface area contributed by atoms with Crippen LogP contribution in [0.15, 0.2) is 24.3 Å². The van der Waals surface area contributed by atoms with Crippen LogP contribution in [0.1, 0.15) is 28.8 Å². The quantitative estimate of drug-likeness (QED) is 0.678. The van der Waals surface area contributed by atoms with Crippen LogP contribution in [-0.4, -0.2) is 76.8 Å².